The van der Waals surface area contributed by atoms with Crippen molar-refractivity contribution in [3.05, 3.63) is 39.0 Å². The van der Waals surface area contributed by atoms with Crippen molar-refractivity contribution in [3.8, 4) is 22.9 Å². The van der Waals surface area contributed by atoms with Gasteiger partial charge >= 0.3 is 0 Å². The second-order valence-corrected chi connectivity index (χ2v) is 5.06. The zero-order chi connectivity index (χ0) is 15.0. The first kappa shape index (κ1) is 13.9. The lowest BCUT2D eigenvalue weighted by molar-refractivity contribution is 0.297. The van der Waals surface area contributed by atoms with E-state index in [1.807, 2.05) is 0 Å². The SMILES string of the molecule is Cc1nc(-c2cc(Cl)c3c(c2)OCCCO3)[nH]c(=O)c1F. The van der Waals surface area contributed by atoms with Crippen molar-refractivity contribution < 1.29 is 13.9 Å². The number of H-pyrrole nitrogens is 1. The van der Waals surface area contributed by atoms with Crippen molar-refractivity contribution in [3.63, 3.8) is 0 Å². The summed E-state index contributed by atoms with van der Waals surface area (Å²) in [4.78, 5) is 17.9. The van der Waals surface area contributed by atoms with Gasteiger partial charge < -0.3 is 14.5 Å². The Morgan fingerprint density at radius 2 is 2.10 bits per heavy atom. The summed E-state index contributed by atoms with van der Waals surface area (Å²) in [7, 11) is 0. The predicted molar refractivity (Wildman–Crippen MR) is 75.6 cm³/mol. The molecule has 0 aliphatic carbocycles. The molecule has 2 heterocycles. The fraction of sp³-hybridized carbons (Fsp3) is 0.286. The van der Waals surface area contributed by atoms with Gasteiger partial charge in [0.1, 0.15) is 5.82 Å². The third-order valence-electron chi connectivity index (χ3n) is 3.10. The third-order valence-corrected chi connectivity index (χ3v) is 3.38. The van der Waals surface area contributed by atoms with Crippen LogP contribution in [0.5, 0.6) is 11.5 Å². The number of nitrogens with zero attached hydrogens (tertiary/aromatic N) is 1. The van der Waals surface area contributed by atoms with E-state index in [2.05, 4.69) is 9.97 Å². The number of rotatable bonds is 1. The molecule has 5 nitrogen and oxygen atoms in total. The van der Waals surface area contributed by atoms with Gasteiger partial charge in [-0.15, -0.1) is 0 Å². The number of hydrogen-bond acceptors (Lipinski definition) is 4. The van der Waals surface area contributed by atoms with Crippen molar-refractivity contribution in [2.45, 2.75) is 13.3 Å². The normalized spacial score (nSPS) is 13.9. The number of halogens is 2. The summed E-state index contributed by atoms with van der Waals surface area (Å²) in [6, 6.07) is 3.27. The van der Waals surface area contributed by atoms with E-state index in [4.69, 9.17) is 21.1 Å². The van der Waals surface area contributed by atoms with E-state index in [1.165, 1.54) is 6.92 Å². The molecule has 2 aromatic rings. The van der Waals surface area contributed by atoms with E-state index >= 15 is 0 Å². The molecule has 0 saturated carbocycles. The molecule has 0 amide bonds. The minimum absolute atomic E-state index is 0.0250. The summed E-state index contributed by atoms with van der Waals surface area (Å²) in [6.07, 6.45) is 0.755. The Balaban J connectivity index is 2.14. The molecule has 0 bridgehead atoms. The van der Waals surface area contributed by atoms with E-state index in [0.717, 1.165) is 6.42 Å². The van der Waals surface area contributed by atoms with Gasteiger partial charge in [-0.3, -0.25) is 4.79 Å². The molecule has 1 N–H and O–H groups in total. The maximum atomic E-state index is 13.4. The lowest BCUT2D eigenvalue weighted by Gasteiger charge is -2.11. The highest BCUT2D eigenvalue weighted by Crippen LogP contribution is 2.40. The molecule has 1 aromatic heterocycles. The average Bonchev–Trinajstić information content (AvgIpc) is 2.69. The highest BCUT2D eigenvalue weighted by molar-refractivity contribution is 6.32. The second kappa shape index (κ2) is 5.37. The highest BCUT2D eigenvalue weighted by Gasteiger charge is 2.18. The summed E-state index contributed by atoms with van der Waals surface area (Å²) in [6.45, 7) is 2.47. The van der Waals surface area contributed by atoms with Crippen molar-refractivity contribution in [1.82, 2.24) is 9.97 Å². The molecule has 1 aromatic carbocycles. The third kappa shape index (κ3) is 2.58. The smallest absolute Gasteiger partial charge is 0.287 e. The van der Waals surface area contributed by atoms with E-state index in [1.54, 1.807) is 12.1 Å². The molecule has 0 spiro atoms. The van der Waals surface area contributed by atoms with Gasteiger partial charge in [-0.1, -0.05) is 11.6 Å². The van der Waals surface area contributed by atoms with Gasteiger partial charge in [0.05, 0.1) is 23.9 Å². The summed E-state index contributed by atoms with van der Waals surface area (Å²) in [5, 5.41) is 0.356. The topological polar surface area (TPSA) is 64.2 Å². The molecule has 110 valence electrons. The lowest BCUT2D eigenvalue weighted by Crippen LogP contribution is -2.15. The second-order valence-electron chi connectivity index (χ2n) is 4.65. The van der Waals surface area contributed by atoms with Gasteiger partial charge in [0.25, 0.3) is 5.56 Å². The molecule has 0 unspecified atom stereocenters. The fourth-order valence-electron chi connectivity index (χ4n) is 2.08. The molecular weight excluding hydrogens is 299 g/mol. The molecule has 1 aliphatic rings. The van der Waals surface area contributed by atoms with Gasteiger partial charge in [0, 0.05) is 12.0 Å². The zero-order valence-corrected chi connectivity index (χ0v) is 12.0. The van der Waals surface area contributed by atoms with Crippen LogP contribution in [-0.4, -0.2) is 23.2 Å². The highest BCUT2D eigenvalue weighted by atomic mass is 35.5. The van der Waals surface area contributed by atoms with Gasteiger partial charge in [-0.05, 0) is 19.1 Å². The zero-order valence-electron chi connectivity index (χ0n) is 11.2. The van der Waals surface area contributed by atoms with Crippen LogP contribution in [0.4, 0.5) is 4.39 Å². The van der Waals surface area contributed by atoms with Gasteiger partial charge in [0.15, 0.2) is 11.5 Å². The van der Waals surface area contributed by atoms with Crippen molar-refractivity contribution in [2.24, 2.45) is 0 Å². The Morgan fingerprint density at radius 1 is 1.33 bits per heavy atom. The summed E-state index contributed by atoms with van der Waals surface area (Å²) in [5.41, 5.74) is -0.262. The number of aromatic nitrogens is 2. The largest absolute Gasteiger partial charge is 0.489 e. The van der Waals surface area contributed by atoms with Crippen LogP contribution in [0.2, 0.25) is 5.02 Å². The van der Waals surface area contributed by atoms with Crippen molar-refractivity contribution in [1.29, 1.82) is 0 Å². The first-order chi connectivity index (χ1) is 10.1. The van der Waals surface area contributed by atoms with Crippen molar-refractivity contribution in [2.75, 3.05) is 13.2 Å². The van der Waals surface area contributed by atoms with Gasteiger partial charge in [-0.2, -0.15) is 4.39 Å². The Morgan fingerprint density at radius 3 is 2.86 bits per heavy atom. The first-order valence-electron chi connectivity index (χ1n) is 6.42. The number of hydrogen-bond donors (Lipinski definition) is 1. The maximum Gasteiger partial charge on any atom is 0.287 e. The quantitative estimate of drug-likeness (QED) is 0.879. The summed E-state index contributed by atoms with van der Waals surface area (Å²) in [5.74, 6) is 0.300. The molecule has 1 aliphatic heterocycles. The average molecular weight is 311 g/mol. The minimum Gasteiger partial charge on any atom is -0.489 e. The van der Waals surface area contributed by atoms with Crippen LogP contribution in [0.1, 0.15) is 12.1 Å². The fourth-order valence-corrected chi connectivity index (χ4v) is 2.34. The minimum atomic E-state index is -0.890. The van der Waals surface area contributed by atoms with Crippen LogP contribution in [0.25, 0.3) is 11.4 Å². The molecule has 0 radical (unpaired) electrons. The number of aryl methyl sites for hydroxylation is 1. The standard InChI is InChI=1S/C14H12ClFN2O3/c1-7-11(16)14(19)18-13(17-7)8-5-9(15)12-10(6-8)20-3-2-4-21-12/h5-6H,2-4H2,1H3,(H,17,18,19). The Labute approximate surface area is 124 Å². The first-order valence-corrected chi connectivity index (χ1v) is 6.80. The van der Waals surface area contributed by atoms with Crippen LogP contribution in [0.3, 0.4) is 0 Å². The Bertz CT molecular complexity index is 761. The molecule has 7 heteroatoms. The van der Waals surface area contributed by atoms with Gasteiger partial charge in [0.2, 0.25) is 5.82 Å². The number of nitrogens with one attached hydrogen (secondary N) is 1. The van der Waals surface area contributed by atoms with Gasteiger partial charge in [-0.25, -0.2) is 4.98 Å². The van der Waals surface area contributed by atoms with Crippen LogP contribution in [0, 0.1) is 12.7 Å². The van der Waals surface area contributed by atoms with E-state index in [9.17, 15) is 9.18 Å². The van der Waals surface area contributed by atoms with Crippen LogP contribution < -0.4 is 15.0 Å². The van der Waals surface area contributed by atoms with Crippen LogP contribution in [0.15, 0.2) is 16.9 Å². The number of ether oxygens (including phenoxy) is 2. The predicted octanol–water partition coefficient (Wildman–Crippen LogP) is 2.70. The van der Waals surface area contributed by atoms with Crippen LogP contribution >= 0.6 is 11.6 Å². The molecule has 3 rings (SSSR count). The Hall–Kier alpha value is -2.08. The number of fused-ring (bicyclic) bond motifs is 1. The summed E-state index contributed by atoms with van der Waals surface area (Å²) < 4.78 is 24.5. The molecule has 0 fully saturated rings. The Kier molecular flexibility index (Phi) is 3.55. The van der Waals surface area contributed by atoms with E-state index in [-0.39, 0.29) is 11.5 Å². The maximum absolute atomic E-state index is 13.4. The molecular formula is C14H12ClFN2O3. The lowest BCUT2D eigenvalue weighted by atomic mass is 10.2. The summed E-state index contributed by atoms with van der Waals surface area (Å²) >= 11 is 6.18. The van der Waals surface area contributed by atoms with E-state index in [0.29, 0.717) is 35.3 Å². The van der Waals surface area contributed by atoms with Crippen LogP contribution in [-0.2, 0) is 0 Å². The number of aromatic amines is 1. The monoisotopic (exact) mass is 310 g/mol. The number of benzene rings is 1. The van der Waals surface area contributed by atoms with Crippen molar-refractivity contribution >= 4 is 11.6 Å². The molecule has 0 atom stereocenters. The van der Waals surface area contributed by atoms with E-state index < -0.39 is 11.4 Å². The molecule has 21 heavy (non-hydrogen) atoms. The molecule has 0 saturated heterocycles.